The Bertz CT molecular complexity index is 956. The zero-order valence-electron chi connectivity index (χ0n) is 15.3. The number of carboxylic acid groups (broad SMARTS) is 1. The van der Waals surface area contributed by atoms with Crippen molar-refractivity contribution in [2.45, 2.75) is 33.2 Å². The molecule has 1 atom stereocenters. The number of nitrogens with zero attached hydrogens (tertiary/aromatic N) is 1. The molecular weight excluding hydrogens is 364 g/mol. The number of aliphatic carboxylic acids is 1. The van der Waals surface area contributed by atoms with E-state index < -0.39 is 17.9 Å². The van der Waals surface area contributed by atoms with E-state index in [0.717, 1.165) is 16.0 Å². The predicted molar refractivity (Wildman–Crippen MR) is 103 cm³/mol. The molecule has 0 spiro atoms. The van der Waals surface area contributed by atoms with Crippen LogP contribution in [0.5, 0.6) is 0 Å². The summed E-state index contributed by atoms with van der Waals surface area (Å²) >= 11 is 1.50. The number of hydrogen-bond donors (Lipinski definition) is 2. The van der Waals surface area contributed by atoms with Crippen molar-refractivity contribution in [3.05, 3.63) is 63.9 Å². The maximum Gasteiger partial charge on any atom is 0.330 e. The molecule has 1 unspecified atom stereocenters. The van der Waals surface area contributed by atoms with Crippen LogP contribution in [0.15, 0.2) is 40.1 Å². The van der Waals surface area contributed by atoms with Crippen molar-refractivity contribution in [2.75, 3.05) is 0 Å². The largest absolute Gasteiger partial charge is 0.479 e. The first-order valence-electron chi connectivity index (χ1n) is 8.44. The van der Waals surface area contributed by atoms with Crippen molar-refractivity contribution < 1.29 is 19.1 Å². The average Bonchev–Trinajstić information content (AvgIpc) is 3.22. The number of nitrogens with one attached hydrogen (secondary N) is 1. The van der Waals surface area contributed by atoms with Crippen LogP contribution in [0.1, 0.15) is 34.2 Å². The lowest BCUT2D eigenvalue weighted by Gasteiger charge is -2.16. The average molecular weight is 384 g/mol. The third-order valence-electron chi connectivity index (χ3n) is 4.08. The number of hydrogen-bond acceptors (Lipinski definition) is 5. The molecule has 2 N–H and O–H groups in total. The van der Waals surface area contributed by atoms with Gasteiger partial charge in [-0.1, -0.05) is 35.4 Å². The van der Waals surface area contributed by atoms with Gasteiger partial charge in [0.25, 0.3) is 0 Å². The van der Waals surface area contributed by atoms with Crippen molar-refractivity contribution in [2.24, 2.45) is 0 Å². The number of carboxylic acids is 1. The van der Waals surface area contributed by atoms with Gasteiger partial charge < -0.3 is 14.8 Å². The minimum Gasteiger partial charge on any atom is -0.479 e. The van der Waals surface area contributed by atoms with E-state index in [1.807, 2.05) is 37.4 Å². The Kier molecular flexibility index (Phi) is 5.41. The van der Waals surface area contributed by atoms with Crippen LogP contribution in [0.3, 0.4) is 0 Å². The molecule has 0 saturated heterocycles. The Labute approximate surface area is 160 Å². The van der Waals surface area contributed by atoms with Crippen LogP contribution in [-0.2, 0) is 16.0 Å². The summed E-state index contributed by atoms with van der Waals surface area (Å²) in [5.41, 5.74) is 2.93. The van der Waals surface area contributed by atoms with Crippen molar-refractivity contribution in [1.29, 1.82) is 0 Å². The first-order valence-corrected chi connectivity index (χ1v) is 9.32. The number of oxazole rings is 1. The molecule has 0 aliphatic rings. The summed E-state index contributed by atoms with van der Waals surface area (Å²) in [6.07, 6.45) is -0.0463. The molecule has 27 heavy (non-hydrogen) atoms. The van der Waals surface area contributed by atoms with Gasteiger partial charge in [-0.15, -0.1) is 11.3 Å². The number of carbonyl (C=O) groups excluding carboxylic acids is 1. The highest BCUT2D eigenvalue weighted by Crippen LogP contribution is 2.26. The Morgan fingerprint density at radius 2 is 1.93 bits per heavy atom. The van der Waals surface area contributed by atoms with E-state index in [1.165, 1.54) is 11.3 Å². The number of aromatic nitrogens is 1. The molecule has 1 aromatic carbocycles. The molecule has 0 radical (unpaired) electrons. The molecular formula is C20H20N2O4S. The zero-order chi connectivity index (χ0) is 19.6. The molecule has 6 nitrogen and oxygen atoms in total. The van der Waals surface area contributed by atoms with Crippen molar-refractivity contribution in [3.63, 3.8) is 0 Å². The van der Waals surface area contributed by atoms with Crippen LogP contribution in [0.4, 0.5) is 0 Å². The van der Waals surface area contributed by atoms with Gasteiger partial charge in [-0.3, -0.25) is 4.79 Å². The van der Waals surface area contributed by atoms with Gasteiger partial charge in [0, 0.05) is 0 Å². The highest BCUT2D eigenvalue weighted by atomic mass is 32.1. The molecule has 0 bridgehead atoms. The molecule has 0 saturated carbocycles. The number of benzene rings is 1. The van der Waals surface area contributed by atoms with E-state index in [1.54, 1.807) is 19.1 Å². The van der Waals surface area contributed by atoms with Gasteiger partial charge in [-0.2, -0.15) is 0 Å². The smallest absolute Gasteiger partial charge is 0.330 e. The third kappa shape index (κ3) is 4.43. The molecule has 1 amide bonds. The molecule has 0 aliphatic carbocycles. The van der Waals surface area contributed by atoms with Crippen LogP contribution in [-0.4, -0.2) is 22.0 Å². The summed E-state index contributed by atoms with van der Waals surface area (Å²) in [6, 6.07) is 8.16. The third-order valence-corrected chi connectivity index (χ3v) is 4.94. The lowest BCUT2D eigenvalue weighted by molar-refractivity contribution is -0.142. The zero-order valence-corrected chi connectivity index (χ0v) is 16.1. The van der Waals surface area contributed by atoms with Crippen molar-refractivity contribution >= 4 is 23.2 Å². The second kappa shape index (κ2) is 7.75. The Morgan fingerprint density at radius 1 is 1.22 bits per heavy atom. The molecule has 140 valence electrons. The predicted octanol–water partition coefficient (Wildman–Crippen LogP) is 3.81. The van der Waals surface area contributed by atoms with Crippen molar-refractivity contribution in [3.8, 4) is 10.8 Å². The monoisotopic (exact) mass is 384 g/mol. The van der Waals surface area contributed by atoms with Gasteiger partial charge in [-0.25, -0.2) is 9.78 Å². The van der Waals surface area contributed by atoms with Gasteiger partial charge in [0.05, 0.1) is 17.0 Å². The van der Waals surface area contributed by atoms with Crippen LogP contribution >= 0.6 is 11.3 Å². The van der Waals surface area contributed by atoms with Crippen LogP contribution in [0, 0.1) is 20.8 Å². The molecule has 3 rings (SSSR count). The fourth-order valence-corrected chi connectivity index (χ4v) is 3.58. The second-order valence-corrected chi connectivity index (χ2v) is 7.38. The first kappa shape index (κ1) is 18.8. The van der Waals surface area contributed by atoms with E-state index in [0.29, 0.717) is 22.9 Å². The molecule has 0 aliphatic heterocycles. The maximum absolute atomic E-state index is 12.5. The van der Waals surface area contributed by atoms with Gasteiger partial charge in [0.2, 0.25) is 11.8 Å². The first-order chi connectivity index (χ1) is 12.8. The fraction of sp³-hybridized carbons (Fsp3) is 0.250. The van der Waals surface area contributed by atoms with Crippen LogP contribution in [0.25, 0.3) is 10.8 Å². The van der Waals surface area contributed by atoms with E-state index in [2.05, 4.69) is 10.3 Å². The van der Waals surface area contributed by atoms with Crippen molar-refractivity contribution in [1.82, 2.24) is 10.3 Å². The normalized spacial score (nSPS) is 12.0. The van der Waals surface area contributed by atoms with Gasteiger partial charge in [0.15, 0.2) is 6.04 Å². The number of rotatable bonds is 6. The van der Waals surface area contributed by atoms with E-state index in [9.17, 15) is 14.7 Å². The topological polar surface area (TPSA) is 92.4 Å². The van der Waals surface area contributed by atoms with E-state index in [4.69, 9.17) is 4.42 Å². The molecule has 2 heterocycles. The van der Waals surface area contributed by atoms with Gasteiger partial charge >= 0.3 is 5.97 Å². The van der Waals surface area contributed by atoms with Gasteiger partial charge in [-0.05, 0) is 37.8 Å². The maximum atomic E-state index is 12.5. The van der Waals surface area contributed by atoms with E-state index in [-0.39, 0.29) is 6.42 Å². The minimum absolute atomic E-state index is 0.0463. The quantitative estimate of drug-likeness (QED) is 0.674. The highest BCUT2D eigenvalue weighted by Gasteiger charge is 2.24. The minimum atomic E-state index is -1.11. The van der Waals surface area contributed by atoms with Gasteiger partial charge in [0.1, 0.15) is 5.76 Å². The molecule has 0 fully saturated rings. The van der Waals surface area contributed by atoms with Crippen LogP contribution < -0.4 is 5.32 Å². The number of aryl methyl sites for hydroxylation is 3. The number of thiophene rings is 1. The fourth-order valence-electron chi connectivity index (χ4n) is 2.93. The number of amides is 1. The Hall–Kier alpha value is -2.93. The summed E-state index contributed by atoms with van der Waals surface area (Å²) in [4.78, 5) is 29.4. The molecule has 7 heteroatoms. The van der Waals surface area contributed by atoms with E-state index >= 15 is 0 Å². The summed E-state index contributed by atoms with van der Waals surface area (Å²) in [5, 5.41) is 14.1. The number of carbonyl (C=O) groups is 2. The highest BCUT2D eigenvalue weighted by molar-refractivity contribution is 7.13. The Morgan fingerprint density at radius 3 is 2.52 bits per heavy atom. The summed E-state index contributed by atoms with van der Waals surface area (Å²) < 4.78 is 5.63. The van der Waals surface area contributed by atoms with Crippen LogP contribution in [0.2, 0.25) is 0 Å². The lowest BCUT2D eigenvalue weighted by atomic mass is 10.0. The SMILES string of the molecule is Cc1cc(C)cc(C(NC(=O)Cc2nc(-c3cccs3)oc2C)C(=O)O)c1. The second-order valence-electron chi connectivity index (χ2n) is 6.44. The summed E-state index contributed by atoms with van der Waals surface area (Å²) in [5.74, 6) is -0.513. The molecule has 2 aromatic heterocycles. The summed E-state index contributed by atoms with van der Waals surface area (Å²) in [7, 11) is 0. The Balaban J connectivity index is 1.76. The molecule has 3 aromatic rings. The lowest BCUT2D eigenvalue weighted by Crippen LogP contribution is -2.35. The summed E-state index contributed by atoms with van der Waals surface area (Å²) in [6.45, 7) is 5.52. The standard InChI is InChI=1S/C20H20N2O4S/c1-11-7-12(2)9-14(8-11)18(20(24)25)22-17(23)10-15-13(3)26-19(21-15)16-5-4-6-27-16/h4-9,18H,10H2,1-3H3,(H,22,23)(H,24,25).